The molecule has 2 amide bonds. The number of hydrogen-bond donors (Lipinski definition) is 1. The number of nitrogens with zero attached hydrogens (tertiary/aromatic N) is 2. The predicted octanol–water partition coefficient (Wildman–Crippen LogP) is 7.94. The third-order valence-corrected chi connectivity index (χ3v) is 8.57. The number of hydrogen-bond acceptors (Lipinski definition) is 3. The maximum Gasteiger partial charge on any atom is 0.253 e. The molecule has 1 saturated heterocycles. The van der Waals surface area contributed by atoms with E-state index < -0.39 is 0 Å². The fraction of sp³-hybridized carbons (Fsp3) is 0.459. The van der Waals surface area contributed by atoms with Crippen molar-refractivity contribution in [2.45, 2.75) is 84.0 Å². The average molecular weight is 605 g/mol. The average Bonchev–Trinajstić information content (AvgIpc) is 2.97. The second-order valence-corrected chi connectivity index (χ2v) is 14.0. The Bertz CT molecular complexity index is 1370. The van der Waals surface area contributed by atoms with Gasteiger partial charge in [-0.05, 0) is 71.2 Å². The van der Waals surface area contributed by atoms with Gasteiger partial charge in [-0.25, -0.2) is 8.78 Å². The van der Waals surface area contributed by atoms with Gasteiger partial charge < -0.3 is 14.9 Å². The molecule has 7 heteroatoms. The highest BCUT2D eigenvalue weighted by Gasteiger charge is 2.30. The number of carbonyl (C=O) groups is 2. The van der Waals surface area contributed by atoms with Crippen LogP contribution in [0.15, 0.2) is 60.7 Å². The van der Waals surface area contributed by atoms with Crippen LogP contribution >= 0.6 is 0 Å². The molecule has 0 bridgehead atoms. The third kappa shape index (κ3) is 8.04. The predicted molar refractivity (Wildman–Crippen MR) is 171 cm³/mol. The van der Waals surface area contributed by atoms with Crippen molar-refractivity contribution in [2.75, 3.05) is 26.2 Å². The van der Waals surface area contributed by atoms with Gasteiger partial charge >= 0.3 is 0 Å². The van der Waals surface area contributed by atoms with E-state index in [4.69, 9.17) is 0 Å². The number of phenolic OH excluding ortho intramolecular Hbond substituents is 1. The molecule has 1 aliphatic heterocycles. The highest BCUT2D eigenvalue weighted by Crippen LogP contribution is 2.40. The van der Waals surface area contributed by atoms with E-state index >= 15 is 0 Å². The molecule has 1 heterocycles. The lowest BCUT2D eigenvalue weighted by Gasteiger charge is -2.35. The van der Waals surface area contributed by atoms with E-state index in [9.17, 15) is 23.5 Å². The molecule has 0 aliphatic carbocycles. The molecule has 0 atom stereocenters. The smallest absolute Gasteiger partial charge is 0.253 e. The lowest BCUT2D eigenvalue weighted by molar-refractivity contribution is -0.132. The molecule has 1 fully saturated rings. The van der Waals surface area contributed by atoms with E-state index in [1.165, 1.54) is 24.3 Å². The second-order valence-electron chi connectivity index (χ2n) is 14.0. The maximum atomic E-state index is 13.6. The first kappa shape index (κ1) is 33.2. The zero-order valence-corrected chi connectivity index (χ0v) is 26.9. The molecule has 44 heavy (non-hydrogen) atoms. The van der Waals surface area contributed by atoms with Crippen molar-refractivity contribution in [1.82, 2.24) is 9.80 Å². The summed E-state index contributed by atoms with van der Waals surface area (Å²) in [5.41, 5.74) is 3.33. The van der Waals surface area contributed by atoms with Crippen LogP contribution in [0.4, 0.5) is 8.78 Å². The Morgan fingerprint density at radius 3 is 1.59 bits per heavy atom. The number of piperazine rings is 1. The molecule has 4 rings (SSSR count). The van der Waals surface area contributed by atoms with E-state index in [1.54, 1.807) is 29.2 Å². The quantitative estimate of drug-likeness (QED) is 0.266. The Labute approximate surface area is 260 Å². The number of carbonyl (C=O) groups excluding carboxylic acids is 2. The zero-order chi connectivity index (χ0) is 32.2. The standard InChI is InChI=1S/C37H46F2N2O3/c1-36(2,3)31-23-27(24-32(34(31)43)37(4,5)6)35(44)41-21-19-40(20-22-41)33(42)10-8-7-9-30(25-11-15-28(38)16-12-25)26-13-17-29(39)18-14-26/h11-18,23-24,30,43H,7-10,19-22H2,1-6H3. The molecule has 236 valence electrons. The van der Waals surface area contributed by atoms with Gasteiger partial charge in [0.2, 0.25) is 5.91 Å². The van der Waals surface area contributed by atoms with Crippen LogP contribution in [0.1, 0.15) is 106 Å². The number of benzene rings is 3. The molecule has 1 aliphatic rings. The second kappa shape index (κ2) is 13.5. The van der Waals surface area contributed by atoms with E-state index in [0.29, 0.717) is 44.6 Å². The van der Waals surface area contributed by atoms with Crippen molar-refractivity contribution in [1.29, 1.82) is 0 Å². The van der Waals surface area contributed by atoms with Crippen LogP contribution < -0.4 is 0 Å². The van der Waals surface area contributed by atoms with Gasteiger partial charge in [-0.3, -0.25) is 9.59 Å². The molecule has 1 N–H and O–H groups in total. The maximum absolute atomic E-state index is 13.6. The molecule has 0 radical (unpaired) electrons. The van der Waals surface area contributed by atoms with Gasteiger partial charge in [-0.1, -0.05) is 72.2 Å². The van der Waals surface area contributed by atoms with Crippen LogP contribution in [-0.4, -0.2) is 52.9 Å². The summed E-state index contributed by atoms with van der Waals surface area (Å²) in [5, 5.41) is 11.0. The monoisotopic (exact) mass is 604 g/mol. The zero-order valence-electron chi connectivity index (χ0n) is 26.9. The first-order valence-electron chi connectivity index (χ1n) is 15.6. The molecule has 0 saturated carbocycles. The van der Waals surface area contributed by atoms with Crippen molar-refractivity contribution < 1.29 is 23.5 Å². The molecule has 3 aromatic carbocycles. The fourth-order valence-corrected chi connectivity index (χ4v) is 5.94. The van der Waals surface area contributed by atoms with Gasteiger partial charge in [0.05, 0.1) is 0 Å². The molecule has 3 aromatic rings. The van der Waals surface area contributed by atoms with Crippen molar-refractivity contribution in [3.05, 3.63) is 100 Å². The highest BCUT2D eigenvalue weighted by atomic mass is 19.1. The number of halogens is 2. The Balaban J connectivity index is 1.33. The summed E-state index contributed by atoms with van der Waals surface area (Å²) in [6.45, 7) is 14.0. The SMILES string of the molecule is CC(C)(C)c1cc(C(=O)N2CCN(C(=O)CCCCC(c3ccc(F)cc3)c3ccc(F)cc3)CC2)cc(C(C)(C)C)c1O. The van der Waals surface area contributed by atoms with Gasteiger partial charge in [-0.2, -0.15) is 0 Å². The van der Waals surface area contributed by atoms with Crippen LogP contribution in [0.25, 0.3) is 0 Å². The molecule has 0 aromatic heterocycles. The first-order valence-corrected chi connectivity index (χ1v) is 15.6. The van der Waals surface area contributed by atoms with Crippen LogP contribution in [0.3, 0.4) is 0 Å². The number of unbranched alkanes of at least 4 members (excludes halogenated alkanes) is 1. The van der Waals surface area contributed by atoms with Gasteiger partial charge in [0.1, 0.15) is 17.4 Å². The number of rotatable bonds is 8. The van der Waals surface area contributed by atoms with Crippen LogP contribution in [0, 0.1) is 11.6 Å². The molecule has 0 spiro atoms. The number of phenols is 1. The van der Waals surface area contributed by atoms with Gasteiger partial charge in [0.15, 0.2) is 0 Å². The van der Waals surface area contributed by atoms with Crippen molar-refractivity contribution in [3.63, 3.8) is 0 Å². The minimum atomic E-state index is -0.330. The molecular formula is C37H46F2N2O3. The minimum Gasteiger partial charge on any atom is -0.507 e. The Kier molecular flexibility index (Phi) is 10.2. The number of aromatic hydroxyl groups is 1. The Morgan fingerprint density at radius 1 is 0.727 bits per heavy atom. The molecular weight excluding hydrogens is 558 g/mol. The summed E-state index contributed by atoms with van der Waals surface area (Å²) in [6, 6.07) is 16.4. The van der Waals surface area contributed by atoms with E-state index in [-0.39, 0.29) is 45.9 Å². The first-order chi connectivity index (χ1) is 20.6. The van der Waals surface area contributed by atoms with Crippen molar-refractivity contribution in [3.8, 4) is 5.75 Å². The molecule has 0 unspecified atom stereocenters. The summed E-state index contributed by atoms with van der Waals surface area (Å²) < 4.78 is 27.1. The van der Waals surface area contributed by atoms with E-state index in [0.717, 1.165) is 35.1 Å². The minimum absolute atomic E-state index is 0.0154. The number of amides is 2. The lowest BCUT2D eigenvalue weighted by Crippen LogP contribution is -2.50. The third-order valence-electron chi connectivity index (χ3n) is 8.57. The summed E-state index contributed by atoms with van der Waals surface area (Å²) in [7, 11) is 0. The van der Waals surface area contributed by atoms with Gasteiger partial charge in [-0.15, -0.1) is 0 Å². The lowest BCUT2D eigenvalue weighted by atomic mass is 9.78. The van der Waals surface area contributed by atoms with E-state index in [1.807, 2.05) is 58.6 Å². The summed E-state index contributed by atoms with van der Waals surface area (Å²) in [6.07, 6.45) is 2.66. The Morgan fingerprint density at radius 2 is 1.16 bits per heavy atom. The Hall–Kier alpha value is -3.74. The summed E-state index contributed by atoms with van der Waals surface area (Å²) in [4.78, 5) is 30.3. The van der Waals surface area contributed by atoms with Gasteiger partial charge in [0.25, 0.3) is 5.91 Å². The highest BCUT2D eigenvalue weighted by molar-refractivity contribution is 5.95. The van der Waals surface area contributed by atoms with Crippen LogP contribution in [-0.2, 0) is 15.6 Å². The van der Waals surface area contributed by atoms with Crippen molar-refractivity contribution in [2.24, 2.45) is 0 Å². The summed E-state index contributed by atoms with van der Waals surface area (Å²) >= 11 is 0. The van der Waals surface area contributed by atoms with Crippen LogP contribution in [0.2, 0.25) is 0 Å². The topological polar surface area (TPSA) is 60.9 Å². The summed E-state index contributed by atoms with van der Waals surface area (Å²) in [5.74, 6) is -0.373. The fourth-order valence-electron chi connectivity index (χ4n) is 5.94. The van der Waals surface area contributed by atoms with Crippen molar-refractivity contribution >= 4 is 11.8 Å². The normalized spacial score (nSPS) is 14.3. The largest absolute Gasteiger partial charge is 0.507 e. The van der Waals surface area contributed by atoms with E-state index in [2.05, 4.69) is 0 Å². The van der Waals surface area contributed by atoms with Gasteiger partial charge in [0, 0.05) is 55.2 Å². The molecule has 5 nitrogen and oxygen atoms in total. The van der Waals surface area contributed by atoms with Crippen LogP contribution in [0.5, 0.6) is 5.75 Å².